The molecule has 78 valence electrons. The minimum atomic E-state index is -0.121. The Bertz CT molecular complexity index is 407. The number of tetrazole rings is 1. The third-order valence-corrected chi connectivity index (χ3v) is 2.20. The first kappa shape index (κ1) is 9.75. The molecule has 2 rings (SSSR count). The summed E-state index contributed by atoms with van der Waals surface area (Å²) in [6, 6.07) is 7.52. The van der Waals surface area contributed by atoms with Crippen LogP contribution in [0.2, 0.25) is 0 Å². The highest BCUT2D eigenvalue weighted by Crippen LogP contribution is 2.16. The van der Waals surface area contributed by atoms with Gasteiger partial charge in [-0.1, -0.05) is 24.3 Å². The highest BCUT2D eigenvalue weighted by atomic mass is 15.5. The molecule has 15 heavy (non-hydrogen) atoms. The van der Waals surface area contributed by atoms with Crippen LogP contribution in [0.3, 0.4) is 0 Å². The highest BCUT2D eigenvalue weighted by molar-refractivity contribution is 5.54. The molecule has 6 heteroatoms. The second kappa shape index (κ2) is 4.16. The Kier molecular flexibility index (Phi) is 2.70. The zero-order chi connectivity index (χ0) is 10.7. The van der Waals surface area contributed by atoms with E-state index in [1.54, 1.807) is 0 Å². The van der Waals surface area contributed by atoms with Crippen LogP contribution in [0.25, 0.3) is 11.4 Å². The van der Waals surface area contributed by atoms with Crippen molar-refractivity contribution < 1.29 is 0 Å². The van der Waals surface area contributed by atoms with Crippen LogP contribution >= 0.6 is 0 Å². The summed E-state index contributed by atoms with van der Waals surface area (Å²) >= 11 is 0. The van der Waals surface area contributed by atoms with Gasteiger partial charge >= 0.3 is 0 Å². The Morgan fingerprint density at radius 3 is 2.53 bits per heavy atom. The number of H-pyrrole nitrogens is 1. The SMILES string of the molecule is NC[C@@H](N)c1ccc(-c2nn[nH]n2)cc1. The average Bonchev–Trinajstić information content (AvgIpc) is 2.82. The number of aromatic nitrogens is 4. The van der Waals surface area contributed by atoms with Crippen LogP contribution in [-0.2, 0) is 0 Å². The molecule has 2 aromatic rings. The lowest BCUT2D eigenvalue weighted by atomic mass is 10.1. The van der Waals surface area contributed by atoms with Gasteiger partial charge in [-0.3, -0.25) is 0 Å². The average molecular weight is 204 g/mol. The van der Waals surface area contributed by atoms with Crippen molar-refractivity contribution in [2.24, 2.45) is 11.5 Å². The molecule has 0 saturated carbocycles. The fourth-order valence-electron chi connectivity index (χ4n) is 1.30. The summed E-state index contributed by atoms with van der Waals surface area (Å²) in [5.74, 6) is 0.572. The lowest BCUT2D eigenvalue weighted by Gasteiger charge is -2.08. The zero-order valence-corrected chi connectivity index (χ0v) is 8.09. The lowest BCUT2D eigenvalue weighted by Crippen LogP contribution is -2.20. The first-order chi connectivity index (χ1) is 7.31. The van der Waals surface area contributed by atoms with Crippen molar-refractivity contribution in [1.82, 2.24) is 20.6 Å². The summed E-state index contributed by atoms with van der Waals surface area (Å²) in [5, 5.41) is 13.6. The van der Waals surface area contributed by atoms with Gasteiger partial charge in [0.05, 0.1) is 0 Å². The summed E-state index contributed by atoms with van der Waals surface area (Å²) in [4.78, 5) is 0. The number of benzene rings is 1. The molecule has 0 radical (unpaired) electrons. The molecule has 0 aliphatic rings. The lowest BCUT2D eigenvalue weighted by molar-refractivity contribution is 0.737. The number of rotatable bonds is 3. The predicted molar refractivity (Wildman–Crippen MR) is 55.6 cm³/mol. The monoisotopic (exact) mass is 204 g/mol. The Morgan fingerprint density at radius 1 is 1.27 bits per heavy atom. The third-order valence-electron chi connectivity index (χ3n) is 2.20. The molecule has 0 aliphatic carbocycles. The Morgan fingerprint density at radius 2 is 2.00 bits per heavy atom. The predicted octanol–water partition coefficient (Wildman–Crippen LogP) is -0.175. The first-order valence-electron chi connectivity index (χ1n) is 4.60. The highest BCUT2D eigenvalue weighted by Gasteiger charge is 2.05. The molecule has 1 aromatic carbocycles. The molecule has 0 saturated heterocycles. The maximum Gasteiger partial charge on any atom is 0.204 e. The van der Waals surface area contributed by atoms with Crippen molar-refractivity contribution in [3.63, 3.8) is 0 Å². The van der Waals surface area contributed by atoms with Crippen molar-refractivity contribution in [3.05, 3.63) is 29.8 Å². The molecule has 0 aliphatic heterocycles. The van der Waals surface area contributed by atoms with Crippen LogP contribution in [0.15, 0.2) is 24.3 Å². The van der Waals surface area contributed by atoms with E-state index in [4.69, 9.17) is 11.5 Å². The van der Waals surface area contributed by atoms with Gasteiger partial charge in [0.1, 0.15) is 0 Å². The molecular weight excluding hydrogens is 192 g/mol. The molecule has 0 amide bonds. The van der Waals surface area contributed by atoms with Crippen LogP contribution in [0.4, 0.5) is 0 Å². The second-order valence-corrected chi connectivity index (χ2v) is 3.20. The number of hydrogen-bond donors (Lipinski definition) is 3. The minimum absolute atomic E-state index is 0.121. The van der Waals surface area contributed by atoms with Crippen LogP contribution in [0, 0.1) is 0 Å². The van der Waals surface area contributed by atoms with E-state index in [1.807, 2.05) is 24.3 Å². The quantitative estimate of drug-likeness (QED) is 0.643. The van der Waals surface area contributed by atoms with E-state index < -0.39 is 0 Å². The fourth-order valence-corrected chi connectivity index (χ4v) is 1.30. The molecule has 1 heterocycles. The van der Waals surface area contributed by atoms with Crippen molar-refractivity contribution in [2.45, 2.75) is 6.04 Å². The third kappa shape index (κ3) is 2.00. The number of nitrogens with one attached hydrogen (secondary N) is 1. The summed E-state index contributed by atoms with van der Waals surface area (Å²) in [6.07, 6.45) is 0. The van der Waals surface area contributed by atoms with Gasteiger partial charge in [-0.2, -0.15) is 5.21 Å². The molecule has 0 spiro atoms. The zero-order valence-electron chi connectivity index (χ0n) is 8.09. The van der Waals surface area contributed by atoms with E-state index in [0.29, 0.717) is 12.4 Å². The largest absolute Gasteiger partial charge is 0.329 e. The van der Waals surface area contributed by atoms with Crippen LogP contribution in [-0.4, -0.2) is 27.2 Å². The van der Waals surface area contributed by atoms with E-state index in [9.17, 15) is 0 Å². The Hall–Kier alpha value is -1.79. The minimum Gasteiger partial charge on any atom is -0.329 e. The second-order valence-electron chi connectivity index (χ2n) is 3.20. The smallest absolute Gasteiger partial charge is 0.204 e. The molecule has 1 aromatic heterocycles. The summed E-state index contributed by atoms with van der Waals surface area (Å²) < 4.78 is 0. The van der Waals surface area contributed by atoms with Crippen molar-refractivity contribution in [1.29, 1.82) is 0 Å². The molecule has 0 bridgehead atoms. The number of nitrogens with two attached hydrogens (primary N) is 2. The molecule has 5 N–H and O–H groups in total. The molecular formula is C9H12N6. The standard InChI is InChI=1S/C9H12N6/c10-5-8(11)6-1-3-7(4-2-6)9-12-14-15-13-9/h1-4,8H,5,10-11H2,(H,12,13,14,15)/t8-/m1/s1. The van der Waals surface area contributed by atoms with Gasteiger partial charge in [0, 0.05) is 18.2 Å². The maximum absolute atomic E-state index is 5.79. The van der Waals surface area contributed by atoms with Crippen molar-refractivity contribution in [3.8, 4) is 11.4 Å². The summed E-state index contributed by atoms with van der Waals surface area (Å²) in [7, 11) is 0. The molecule has 1 atom stereocenters. The van der Waals surface area contributed by atoms with E-state index in [1.165, 1.54) is 0 Å². The number of nitrogens with zero attached hydrogens (tertiary/aromatic N) is 3. The van der Waals surface area contributed by atoms with Gasteiger partial charge < -0.3 is 11.5 Å². The van der Waals surface area contributed by atoms with Gasteiger partial charge in [-0.15, -0.1) is 10.2 Å². The van der Waals surface area contributed by atoms with Crippen molar-refractivity contribution >= 4 is 0 Å². The van der Waals surface area contributed by atoms with E-state index >= 15 is 0 Å². The first-order valence-corrected chi connectivity index (χ1v) is 4.60. The molecule has 0 fully saturated rings. The van der Waals surface area contributed by atoms with Gasteiger partial charge in [0.2, 0.25) is 5.82 Å². The Labute approximate surface area is 86.7 Å². The van der Waals surface area contributed by atoms with Gasteiger partial charge in [-0.25, -0.2) is 0 Å². The summed E-state index contributed by atoms with van der Waals surface area (Å²) in [5.41, 5.74) is 13.2. The normalized spacial score (nSPS) is 12.7. The van der Waals surface area contributed by atoms with E-state index in [2.05, 4.69) is 20.6 Å². The van der Waals surface area contributed by atoms with Crippen LogP contribution in [0.1, 0.15) is 11.6 Å². The van der Waals surface area contributed by atoms with Gasteiger partial charge in [-0.05, 0) is 10.8 Å². The Balaban J connectivity index is 2.25. The summed E-state index contributed by atoms with van der Waals surface area (Å²) in [6.45, 7) is 0.432. The van der Waals surface area contributed by atoms with E-state index in [-0.39, 0.29) is 6.04 Å². The maximum atomic E-state index is 5.79. The van der Waals surface area contributed by atoms with Crippen molar-refractivity contribution in [2.75, 3.05) is 6.54 Å². The van der Waals surface area contributed by atoms with Gasteiger partial charge in [0.25, 0.3) is 0 Å². The van der Waals surface area contributed by atoms with Crippen LogP contribution < -0.4 is 11.5 Å². The molecule has 0 unspecified atom stereocenters. The van der Waals surface area contributed by atoms with E-state index in [0.717, 1.165) is 11.1 Å². The van der Waals surface area contributed by atoms with Gasteiger partial charge in [0.15, 0.2) is 0 Å². The van der Waals surface area contributed by atoms with Crippen LogP contribution in [0.5, 0.6) is 0 Å². The topological polar surface area (TPSA) is 107 Å². The molecule has 6 nitrogen and oxygen atoms in total. The number of hydrogen-bond acceptors (Lipinski definition) is 5. The fraction of sp³-hybridized carbons (Fsp3) is 0.222. The number of aromatic amines is 1.